The number of hydrogen-bond donors (Lipinski definition) is 0. The SMILES string of the molecule is O=C([O-])CSc1c2ccccc2cc2ccccc12. The van der Waals surface area contributed by atoms with Crippen LogP contribution in [0.25, 0.3) is 21.5 Å². The number of aliphatic carboxylic acids is 1. The van der Waals surface area contributed by atoms with Gasteiger partial charge in [0.05, 0.1) is 5.97 Å². The van der Waals surface area contributed by atoms with Gasteiger partial charge in [-0.3, -0.25) is 0 Å². The van der Waals surface area contributed by atoms with Crippen molar-refractivity contribution in [3.05, 3.63) is 54.6 Å². The second kappa shape index (κ2) is 4.94. The molecule has 3 aromatic rings. The second-order valence-electron chi connectivity index (χ2n) is 4.31. The number of carbonyl (C=O) groups excluding carboxylic acids is 1. The molecule has 2 nitrogen and oxygen atoms in total. The lowest BCUT2D eigenvalue weighted by molar-refractivity contribution is -0.301. The number of rotatable bonds is 3. The van der Waals surface area contributed by atoms with Gasteiger partial charge in [0.1, 0.15) is 0 Å². The summed E-state index contributed by atoms with van der Waals surface area (Å²) in [4.78, 5) is 11.7. The molecule has 0 spiro atoms. The molecule has 0 saturated carbocycles. The molecule has 0 aliphatic carbocycles. The van der Waals surface area contributed by atoms with Crippen molar-refractivity contribution in [1.82, 2.24) is 0 Å². The second-order valence-corrected chi connectivity index (χ2v) is 5.29. The van der Waals surface area contributed by atoms with Gasteiger partial charge in [0.25, 0.3) is 0 Å². The third-order valence-corrected chi connectivity index (χ3v) is 4.16. The summed E-state index contributed by atoms with van der Waals surface area (Å²) in [6.45, 7) is 0. The van der Waals surface area contributed by atoms with E-state index >= 15 is 0 Å². The van der Waals surface area contributed by atoms with E-state index in [9.17, 15) is 9.90 Å². The Labute approximate surface area is 115 Å². The van der Waals surface area contributed by atoms with Crippen LogP contribution in [0.15, 0.2) is 59.5 Å². The topological polar surface area (TPSA) is 40.1 Å². The fourth-order valence-corrected chi connectivity index (χ4v) is 3.20. The van der Waals surface area contributed by atoms with Crippen LogP contribution in [-0.4, -0.2) is 11.7 Å². The van der Waals surface area contributed by atoms with Crippen LogP contribution in [-0.2, 0) is 4.79 Å². The maximum absolute atomic E-state index is 10.7. The van der Waals surface area contributed by atoms with Crippen LogP contribution in [0.1, 0.15) is 0 Å². The van der Waals surface area contributed by atoms with E-state index in [0.717, 1.165) is 26.4 Å². The van der Waals surface area contributed by atoms with Gasteiger partial charge in [0, 0.05) is 10.6 Å². The lowest BCUT2D eigenvalue weighted by Crippen LogP contribution is -2.24. The van der Waals surface area contributed by atoms with Crippen molar-refractivity contribution in [3.63, 3.8) is 0 Å². The van der Waals surface area contributed by atoms with E-state index in [-0.39, 0.29) is 5.75 Å². The maximum Gasteiger partial charge on any atom is 0.0517 e. The Morgan fingerprint density at radius 1 is 0.947 bits per heavy atom. The predicted octanol–water partition coefficient (Wildman–Crippen LogP) is 2.84. The first-order chi connectivity index (χ1) is 9.25. The average molecular weight is 267 g/mol. The lowest BCUT2D eigenvalue weighted by atomic mass is 10.0. The van der Waals surface area contributed by atoms with Crippen LogP contribution in [0.5, 0.6) is 0 Å². The summed E-state index contributed by atoms with van der Waals surface area (Å²) in [5.74, 6) is -1.07. The van der Waals surface area contributed by atoms with Crippen LogP contribution in [0.4, 0.5) is 0 Å². The minimum atomic E-state index is -1.04. The molecular weight excluding hydrogens is 256 g/mol. The molecule has 3 heteroatoms. The van der Waals surface area contributed by atoms with E-state index in [4.69, 9.17) is 0 Å². The van der Waals surface area contributed by atoms with Crippen LogP contribution >= 0.6 is 11.8 Å². The molecule has 0 amide bonds. The van der Waals surface area contributed by atoms with Crippen molar-refractivity contribution in [2.75, 3.05) is 5.75 Å². The highest BCUT2D eigenvalue weighted by molar-refractivity contribution is 8.00. The summed E-state index contributed by atoms with van der Waals surface area (Å²) in [6.07, 6.45) is 0. The predicted molar refractivity (Wildman–Crippen MR) is 77.2 cm³/mol. The van der Waals surface area contributed by atoms with Crippen molar-refractivity contribution in [3.8, 4) is 0 Å². The highest BCUT2D eigenvalue weighted by atomic mass is 32.2. The van der Waals surface area contributed by atoms with E-state index in [1.54, 1.807) is 0 Å². The third kappa shape index (κ3) is 2.29. The molecule has 0 bridgehead atoms. The summed E-state index contributed by atoms with van der Waals surface area (Å²) in [7, 11) is 0. The van der Waals surface area contributed by atoms with E-state index in [2.05, 4.69) is 6.07 Å². The Balaban J connectivity index is 2.29. The summed E-state index contributed by atoms with van der Waals surface area (Å²) in [6, 6.07) is 18.2. The molecule has 19 heavy (non-hydrogen) atoms. The first kappa shape index (κ1) is 12.1. The van der Waals surface area contributed by atoms with Crippen molar-refractivity contribution < 1.29 is 9.90 Å². The van der Waals surface area contributed by atoms with Gasteiger partial charge in [-0.1, -0.05) is 48.5 Å². The molecule has 0 N–H and O–H groups in total. The van der Waals surface area contributed by atoms with Crippen molar-refractivity contribution >= 4 is 39.3 Å². The lowest BCUT2D eigenvalue weighted by Gasteiger charge is -2.11. The molecule has 0 atom stereocenters. The summed E-state index contributed by atoms with van der Waals surface area (Å²) < 4.78 is 0. The highest BCUT2D eigenvalue weighted by Gasteiger charge is 2.07. The average Bonchev–Trinajstić information content (AvgIpc) is 2.43. The minimum absolute atomic E-state index is 0.0298. The zero-order valence-electron chi connectivity index (χ0n) is 10.1. The largest absolute Gasteiger partial charge is 0.549 e. The van der Waals surface area contributed by atoms with E-state index in [0.29, 0.717) is 0 Å². The molecule has 0 radical (unpaired) electrons. The van der Waals surface area contributed by atoms with Gasteiger partial charge < -0.3 is 9.90 Å². The van der Waals surface area contributed by atoms with E-state index < -0.39 is 5.97 Å². The van der Waals surface area contributed by atoms with Gasteiger partial charge in [-0.25, -0.2) is 0 Å². The molecule has 94 valence electrons. The van der Waals surface area contributed by atoms with Crippen LogP contribution in [0.2, 0.25) is 0 Å². The van der Waals surface area contributed by atoms with Gasteiger partial charge >= 0.3 is 0 Å². The normalized spacial score (nSPS) is 10.9. The molecule has 3 aromatic carbocycles. The smallest absolute Gasteiger partial charge is 0.0517 e. The summed E-state index contributed by atoms with van der Waals surface area (Å²) in [5.41, 5.74) is 0. The standard InChI is InChI=1S/C16H12O2S/c17-15(18)10-19-16-13-7-3-1-5-11(13)9-12-6-2-4-8-14(12)16/h1-9H,10H2,(H,17,18)/p-1. The van der Waals surface area contributed by atoms with Crippen LogP contribution in [0.3, 0.4) is 0 Å². The molecule has 3 rings (SSSR count). The van der Waals surface area contributed by atoms with Crippen molar-refractivity contribution in [2.45, 2.75) is 4.90 Å². The molecule has 0 fully saturated rings. The van der Waals surface area contributed by atoms with Gasteiger partial charge in [-0.05, 0) is 27.6 Å². The Kier molecular flexibility index (Phi) is 3.13. The zero-order valence-corrected chi connectivity index (χ0v) is 10.9. The van der Waals surface area contributed by atoms with E-state index in [1.165, 1.54) is 11.8 Å². The molecule has 0 saturated heterocycles. The quantitative estimate of drug-likeness (QED) is 0.541. The Bertz CT molecular complexity index is 711. The number of benzene rings is 3. The monoisotopic (exact) mass is 267 g/mol. The summed E-state index contributed by atoms with van der Waals surface area (Å²) >= 11 is 1.33. The van der Waals surface area contributed by atoms with Crippen LogP contribution < -0.4 is 5.11 Å². The van der Waals surface area contributed by atoms with Gasteiger partial charge in [0.2, 0.25) is 0 Å². The third-order valence-electron chi connectivity index (χ3n) is 3.06. The Hall–Kier alpha value is -2.00. The Morgan fingerprint density at radius 3 is 2.00 bits per heavy atom. The first-order valence-electron chi connectivity index (χ1n) is 5.99. The number of carbonyl (C=O) groups is 1. The number of carboxylic acids is 1. The number of thioether (sulfide) groups is 1. The summed E-state index contributed by atoms with van der Waals surface area (Å²) in [5, 5.41) is 15.1. The molecule has 0 aliphatic rings. The molecule has 0 aliphatic heterocycles. The Morgan fingerprint density at radius 2 is 1.47 bits per heavy atom. The molecule has 0 aromatic heterocycles. The van der Waals surface area contributed by atoms with Gasteiger partial charge in [-0.15, -0.1) is 11.8 Å². The van der Waals surface area contributed by atoms with Crippen LogP contribution in [0, 0.1) is 0 Å². The minimum Gasteiger partial charge on any atom is -0.549 e. The van der Waals surface area contributed by atoms with E-state index in [1.807, 2.05) is 48.5 Å². The molecule has 0 heterocycles. The first-order valence-corrected chi connectivity index (χ1v) is 6.97. The molecular formula is C16H11O2S-. The van der Waals surface area contributed by atoms with Gasteiger partial charge in [-0.2, -0.15) is 0 Å². The zero-order chi connectivity index (χ0) is 13.2. The number of fused-ring (bicyclic) bond motifs is 2. The number of hydrogen-bond acceptors (Lipinski definition) is 3. The van der Waals surface area contributed by atoms with Crippen molar-refractivity contribution in [1.29, 1.82) is 0 Å². The fourth-order valence-electron chi connectivity index (χ4n) is 2.26. The van der Waals surface area contributed by atoms with Crippen molar-refractivity contribution in [2.24, 2.45) is 0 Å². The maximum atomic E-state index is 10.7. The molecule has 0 unspecified atom stereocenters. The number of carboxylic acid groups (broad SMARTS) is 1. The fraction of sp³-hybridized carbons (Fsp3) is 0.0625. The van der Waals surface area contributed by atoms with Gasteiger partial charge in [0.15, 0.2) is 0 Å². The highest BCUT2D eigenvalue weighted by Crippen LogP contribution is 2.35.